The maximum Gasteiger partial charge on any atom is 0.470 e. The van der Waals surface area contributed by atoms with Crippen LogP contribution in [-0.4, -0.2) is 104 Å². The molecule has 2 aliphatic heterocycles. The number of ether oxygens (including phenoxy) is 1. The summed E-state index contributed by atoms with van der Waals surface area (Å²) in [6.45, 7) is 18.0. The van der Waals surface area contributed by atoms with Gasteiger partial charge in [-0.2, -0.15) is 26.3 Å². The highest BCUT2D eigenvalue weighted by atomic mass is 19.4. The lowest BCUT2D eigenvalue weighted by atomic mass is 10.1. The van der Waals surface area contributed by atoms with Crippen LogP contribution in [0.3, 0.4) is 0 Å². The second kappa shape index (κ2) is 22.9. The molecule has 2 fully saturated rings. The maximum atomic E-state index is 15.1. The number of halogens is 7. The topological polar surface area (TPSA) is 137 Å². The first-order valence-corrected chi connectivity index (χ1v) is 23.0. The summed E-state index contributed by atoms with van der Waals surface area (Å²) in [6, 6.07) is 28.3. The van der Waals surface area contributed by atoms with Crippen molar-refractivity contribution < 1.29 is 53.9 Å². The summed E-state index contributed by atoms with van der Waals surface area (Å²) in [4.78, 5) is 36.0. The molecular formula is C50H56F7N9O5. The van der Waals surface area contributed by atoms with Gasteiger partial charge in [-0.1, -0.05) is 68.4 Å². The van der Waals surface area contributed by atoms with Crippen molar-refractivity contribution in [1.82, 2.24) is 35.1 Å². The van der Waals surface area contributed by atoms with Gasteiger partial charge in [0, 0.05) is 72.9 Å². The monoisotopic (exact) mass is 995 g/mol. The van der Waals surface area contributed by atoms with Crippen LogP contribution >= 0.6 is 0 Å². The van der Waals surface area contributed by atoms with Crippen molar-refractivity contribution in [1.29, 1.82) is 0 Å². The highest BCUT2D eigenvalue weighted by Crippen LogP contribution is 2.33. The number of hydrogen-bond donors (Lipinski definition) is 0. The number of benzene rings is 4. The Morgan fingerprint density at radius 2 is 1.06 bits per heavy atom. The van der Waals surface area contributed by atoms with Gasteiger partial charge in [-0.3, -0.25) is 14.7 Å². The largest absolute Gasteiger partial charge is 0.470 e. The standard InChI is InChI=1S/C25H27F4N5O2.C23H23F3N4O3.C2H6/c1-24(2,3)33-13-11-32(12-14-33)23(35)34(19-7-5-4-6-8-19)16-18-10-9-17(15-20(18)26)21-30-31-22(36-21)25(27,28)29;1-15-12-29(13-16(2)32-15)22(31)30(19-6-4-3-5-7-19)14-17-8-10-18(11-9-17)20-27-28-21(33-20)23(24,25)26;1-2/h4-10,15H,11-14,16H2,1-3H3;3-11,15-16H,12-14H2,1-2H3;1-2H3. The van der Waals surface area contributed by atoms with E-state index in [0.29, 0.717) is 37.4 Å². The molecule has 6 aromatic rings. The highest BCUT2D eigenvalue weighted by Gasteiger charge is 2.39. The quantitative estimate of drug-likeness (QED) is 0.136. The van der Waals surface area contributed by atoms with Gasteiger partial charge in [0.1, 0.15) is 5.82 Å². The molecule has 14 nitrogen and oxygen atoms in total. The van der Waals surface area contributed by atoms with Crippen molar-refractivity contribution >= 4 is 23.4 Å². The molecule has 71 heavy (non-hydrogen) atoms. The third kappa shape index (κ3) is 13.9. The molecule has 2 unspecified atom stereocenters. The number of aromatic nitrogens is 4. The Kier molecular flexibility index (Phi) is 17.3. The summed E-state index contributed by atoms with van der Waals surface area (Å²) in [6.07, 6.45) is -9.62. The Bertz CT molecular complexity index is 2640. The number of morpholine rings is 1. The van der Waals surface area contributed by atoms with Crippen molar-refractivity contribution in [3.05, 3.63) is 132 Å². The fourth-order valence-electron chi connectivity index (χ4n) is 7.82. The maximum absolute atomic E-state index is 15.1. The van der Waals surface area contributed by atoms with Crippen LogP contribution in [0.25, 0.3) is 22.9 Å². The number of carbonyl (C=O) groups excluding carboxylic acids is 2. The van der Waals surface area contributed by atoms with Crippen LogP contribution in [0.1, 0.15) is 71.4 Å². The first-order chi connectivity index (χ1) is 33.6. The minimum absolute atomic E-state index is 0.00162. The average molecular weight is 996 g/mol. The predicted molar refractivity (Wildman–Crippen MR) is 251 cm³/mol. The highest BCUT2D eigenvalue weighted by molar-refractivity contribution is 5.93. The normalized spacial score (nSPS) is 16.6. The zero-order valence-corrected chi connectivity index (χ0v) is 40.3. The van der Waals surface area contributed by atoms with Gasteiger partial charge >= 0.3 is 36.2 Å². The van der Waals surface area contributed by atoms with Gasteiger partial charge in [-0.15, -0.1) is 20.4 Å². The minimum atomic E-state index is -4.79. The third-order valence-corrected chi connectivity index (χ3v) is 11.3. The van der Waals surface area contributed by atoms with Crippen LogP contribution < -0.4 is 9.80 Å². The van der Waals surface area contributed by atoms with Crippen LogP contribution in [0.4, 0.5) is 51.7 Å². The second-order valence-corrected chi connectivity index (χ2v) is 17.5. The van der Waals surface area contributed by atoms with E-state index in [1.807, 2.05) is 64.1 Å². The van der Waals surface area contributed by atoms with Crippen molar-refractivity contribution in [2.45, 2.75) is 91.7 Å². The fourth-order valence-corrected chi connectivity index (χ4v) is 7.82. The minimum Gasteiger partial charge on any atom is -0.413 e. The Morgan fingerprint density at radius 3 is 1.51 bits per heavy atom. The summed E-state index contributed by atoms with van der Waals surface area (Å²) in [5, 5.41) is 12.9. The second-order valence-electron chi connectivity index (χ2n) is 17.5. The fraction of sp³-hybridized carbons (Fsp3) is 0.400. The van der Waals surface area contributed by atoms with Crippen LogP contribution in [0.15, 0.2) is 112 Å². The molecule has 2 saturated heterocycles. The molecule has 0 saturated carbocycles. The van der Waals surface area contributed by atoms with Crippen molar-refractivity contribution in [2.75, 3.05) is 49.1 Å². The Balaban J connectivity index is 0.000000225. The van der Waals surface area contributed by atoms with Gasteiger partial charge in [-0.05, 0) is 88.7 Å². The number of piperazine rings is 1. The summed E-state index contributed by atoms with van der Waals surface area (Å²) in [5.41, 5.74) is 2.70. The van der Waals surface area contributed by atoms with Crippen LogP contribution in [-0.2, 0) is 30.2 Å². The molecule has 4 amide bonds. The van der Waals surface area contributed by atoms with Crippen molar-refractivity contribution in [3.8, 4) is 22.9 Å². The molecule has 0 radical (unpaired) electrons. The summed E-state index contributed by atoms with van der Waals surface area (Å²) >= 11 is 0. The molecule has 8 rings (SSSR count). The molecule has 0 bridgehead atoms. The number of rotatable bonds is 8. The van der Waals surface area contributed by atoms with E-state index in [1.165, 1.54) is 17.0 Å². The van der Waals surface area contributed by atoms with Crippen molar-refractivity contribution in [3.63, 3.8) is 0 Å². The van der Waals surface area contributed by atoms with Crippen LogP contribution in [0.5, 0.6) is 0 Å². The number of carbonyl (C=O) groups is 2. The number of nitrogens with zero attached hydrogens (tertiary/aromatic N) is 9. The van der Waals surface area contributed by atoms with E-state index in [-0.39, 0.29) is 59.9 Å². The molecule has 2 aromatic heterocycles. The summed E-state index contributed by atoms with van der Waals surface area (Å²) < 4.78 is 107. The van der Waals surface area contributed by atoms with Gasteiger partial charge in [0.05, 0.1) is 25.3 Å². The SMILES string of the molecule is CC.CC(C)(C)N1CCN(C(=O)N(Cc2ccc(-c3nnc(C(F)(F)F)o3)cc2F)c2ccccc2)CC1.CC1CN(C(=O)N(Cc2ccc(-c3nnc(C(F)(F)F)o3)cc2)c2ccccc2)CC(C)O1. The predicted octanol–water partition coefficient (Wildman–Crippen LogP) is 11.5. The molecule has 4 heterocycles. The number of para-hydroxylation sites is 2. The lowest BCUT2D eigenvalue weighted by molar-refractivity contribution is -0.157. The lowest BCUT2D eigenvalue weighted by Gasteiger charge is -2.43. The molecule has 0 N–H and O–H groups in total. The van der Waals surface area contributed by atoms with Crippen LogP contribution in [0.2, 0.25) is 0 Å². The van der Waals surface area contributed by atoms with E-state index in [9.17, 15) is 35.9 Å². The van der Waals surface area contributed by atoms with Crippen molar-refractivity contribution in [2.24, 2.45) is 0 Å². The number of hydrogen-bond acceptors (Lipinski definition) is 10. The summed E-state index contributed by atoms with van der Waals surface area (Å²) in [7, 11) is 0. The van der Waals surface area contributed by atoms with E-state index in [1.54, 1.807) is 63.2 Å². The summed E-state index contributed by atoms with van der Waals surface area (Å²) in [5.74, 6) is -4.27. The molecular weight excluding hydrogens is 940 g/mol. The Hall–Kier alpha value is -6.87. The first-order valence-electron chi connectivity index (χ1n) is 23.0. The van der Waals surface area contributed by atoms with E-state index in [0.717, 1.165) is 30.4 Å². The van der Waals surface area contributed by atoms with Gasteiger partial charge in [0.2, 0.25) is 11.8 Å². The molecule has 0 aliphatic carbocycles. The molecule has 21 heteroatoms. The zero-order valence-electron chi connectivity index (χ0n) is 40.3. The smallest absolute Gasteiger partial charge is 0.413 e. The lowest BCUT2D eigenvalue weighted by Crippen LogP contribution is -2.57. The van der Waals surface area contributed by atoms with E-state index in [2.05, 4.69) is 50.5 Å². The van der Waals surface area contributed by atoms with Gasteiger partial charge in [0.25, 0.3) is 0 Å². The molecule has 380 valence electrons. The van der Waals surface area contributed by atoms with Gasteiger partial charge in [0.15, 0.2) is 0 Å². The molecule has 4 aromatic carbocycles. The Morgan fingerprint density at radius 1 is 0.606 bits per heavy atom. The molecule has 0 spiro atoms. The number of amides is 4. The van der Waals surface area contributed by atoms with Gasteiger partial charge in [-0.25, -0.2) is 14.0 Å². The molecule has 2 aliphatic rings. The van der Waals surface area contributed by atoms with Crippen LogP contribution in [0, 0.1) is 5.82 Å². The number of anilines is 2. The number of alkyl halides is 6. The first kappa shape index (κ1) is 53.5. The molecule has 2 atom stereocenters. The van der Waals surface area contributed by atoms with E-state index >= 15 is 4.39 Å². The Labute approximate surface area is 407 Å². The van der Waals surface area contributed by atoms with Gasteiger partial charge < -0.3 is 23.4 Å². The van der Waals surface area contributed by atoms with E-state index in [4.69, 9.17) is 9.15 Å². The third-order valence-electron chi connectivity index (χ3n) is 11.3. The number of urea groups is 2. The average Bonchev–Trinajstić information content (AvgIpc) is 4.07. The van der Waals surface area contributed by atoms with E-state index < -0.39 is 35.8 Å². The zero-order chi connectivity index (χ0) is 51.7.